The quantitative estimate of drug-likeness (QED) is 0.839. The van der Waals surface area contributed by atoms with E-state index in [9.17, 15) is 4.79 Å². The van der Waals surface area contributed by atoms with Crippen LogP contribution in [0.3, 0.4) is 0 Å². The molecule has 0 radical (unpaired) electrons. The van der Waals surface area contributed by atoms with Gasteiger partial charge in [0.2, 0.25) is 5.88 Å². The van der Waals surface area contributed by atoms with Gasteiger partial charge in [0.05, 0.1) is 0 Å². The summed E-state index contributed by atoms with van der Waals surface area (Å²) in [6, 6.07) is 9.96. The normalized spacial score (nSPS) is 19.6. The van der Waals surface area contributed by atoms with Gasteiger partial charge in [0.1, 0.15) is 11.7 Å². The fraction of sp³-hybridized carbons (Fsp3) is 0.400. The van der Waals surface area contributed by atoms with Crippen LogP contribution < -0.4 is 9.64 Å². The van der Waals surface area contributed by atoms with Crippen molar-refractivity contribution in [1.82, 2.24) is 4.98 Å². The van der Waals surface area contributed by atoms with Gasteiger partial charge >= 0.3 is 0 Å². The van der Waals surface area contributed by atoms with Gasteiger partial charge in [-0.25, -0.2) is 4.98 Å². The number of carbonyl (C=O) groups is 1. The Hall–Kier alpha value is -2.01. The monoisotopic (exact) mass is 354 g/mol. The Labute approximate surface area is 152 Å². The first kappa shape index (κ1) is 16.5. The zero-order chi connectivity index (χ0) is 17.2. The second-order valence-electron chi connectivity index (χ2n) is 6.65. The summed E-state index contributed by atoms with van der Waals surface area (Å²) < 4.78 is 6.05. The molecule has 1 unspecified atom stereocenters. The summed E-state index contributed by atoms with van der Waals surface area (Å²) in [6.45, 7) is 2.83. The summed E-state index contributed by atoms with van der Waals surface area (Å²) in [6.07, 6.45) is 4.87. The summed E-state index contributed by atoms with van der Waals surface area (Å²) in [5.74, 6) is 2.54. The number of rotatable bonds is 3. The van der Waals surface area contributed by atoms with Gasteiger partial charge in [-0.1, -0.05) is 17.7 Å². The van der Waals surface area contributed by atoms with Gasteiger partial charge < -0.3 is 9.64 Å². The Morgan fingerprint density at radius 1 is 1.36 bits per heavy atom. The van der Waals surface area contributed by atoms with E-state index in [1.165, 1.54) is 11.1 Å². The van der Waals surface area contributed by atoms with Crippen LogP contribution in [-0.2, 0) is 6.42 Å². The number of fused-ring (bicyclic) bond motifs is 1. The lowest BCUT2D eigenvalue weighted by atomic mass is 9.99. The summed E-state index contributed by atoms with van der Waals surface area (Å²) in [5, 5.41) is 0. The van der Waals surface area contributed by atoms with Gasteiger partial charge in [-0.2, -0.15) is 11.8 Å². The topological polar surface area (TPSA) is 42.4 Å². The lowest BCUT2D eigenvalue weighted by molar-refractivity contribution is 0.0977. The van der Waals surface area contributed by atoms with E-state index < -0.39 is 0 Å². The minimum Gasteiger partial charge on any atom is -0.473 e. The molecule has 2 aromatic rings. The van der Waals surface area contributed by atoms with Crippen LogP contribution in [0.15, 0.2) is 36.5 Å². The summed E-state index contributed by atoms with van der Waals surface area (Å²) in [4.78, 5) is 19.5. The molecular weight excluding hydrogens is 332 g/mol. The summed E-state index contributed by atoms with van der Waals surface area (Å²) in [7, 11) is 0. The fourth-order valence-corrected chi connectivity index (χ4v) is 4.59. The molecule has 1 atom stereocenters. The number of benzene rings is 1. The van der Waals surface area contributed by atoms with E-state index in [0.717, 1.165) is 43.0 Å². The van der Waals surface area contributed by atoms with Crippen LogP contribution in [0.5, 0.6) is 5.88 Å². The standard InChI is InChI=1S/C20H22N2O2S/c1-14-6-7-18-15(12-14)4-3-10-22(18)20(23)17-5-2-9-21-19(17)24-16-8-11-25-13-16/h2,5-7,9,12,16H,3-4,8,10-11,13H2,1H3. The molecule has 5 heteroatoms. The maximum absolute atomic E-state index is 13.2. The van der Waals surface area contributed by atoms with E-state index in [0.29, 0.717) is 11.4 Å². The SMILES string of the molecule is Cc1ccc2c(c1)CCCN2C(=O)c1cccnc1OC1CCSC1. The van der Waals surface area contributed by atoms with Gasteiger partial charge in [-0.05, 0) is 55.7 Å². The van der Waals surface area contributed by atoms with Gasteiger partial charge in [-0.3, -0.25) is 4.79 Å². The zero-order valence-electron chi connectivity index (χ0n) is 14.4. The van der Waals surface area contributed by atoms with Gasteiger partial charge in [-0.15, -0.1) is 0 Å². The predicted octanol–water partition coefficient (Wildman–Crippen LogP) is 3.87. The van der Waals surface area contributed by atoms with Gasteiger partial charge in [0.25, 0.3) is 5.91 Å². The molecule has 1 aromatic carbocycles. The lowest BCUT2D eigenvalue weighted by Crippen LogP contribution is -2.36. The molecule has 25 heavy (non-hydrogen) atoms. The molecule has 0 bridgehead atoms. The third kappa shape index (κ3) is 3.38. The number of hydrogen-bond acceptors (Lipinski definition) is 4. The van der Waals surface area contributed by atoms with Crippen LogP contribution in [-0.4, -0.2) is 35.0 Å². The largest absolute Gasteiger partial charge is 0.473 e. The molecule has 0 spiro atoms. The first-order valence-corrected chi connectivity index (χ1v) is 9.98. The van der Waals surface area contributed by atoms with E-state index in [4.69, 9.17) is 4.74 Å². The molecule has 4 rings (SSSR count). The second kappa shape index (κ2) is 7.08. The number of aryl methyl sites for hydroxylation is 2. The van der Waals surface area contributed by atoms with Crippen molar-refractivity contribution in [3.05, 3.63) is 53.2 Å². The minimum atomic E-state index is -0.0152. The molecule has 3 heterocycles. The molecule has 1 aromatic heterocycles. The van der Waals surface area contributed by atoms with Crippen molar-refractivity contribution in [2.24, 2.45) is 0 Å². The predicted molar refractivity (Wildman–Crippen MR) is 102 cm³/mol. The fourth-order valence-electron chi connectivity index (χ4n) is 3.49. The van der Waals surface area contributed by atoms with E-state index in [-0.39, 0.29) is 12.0 Å². The first-order chi connectivity index (χ1) is 12.2. The first-order valence-electron chi connectivity index (χ1n) is 8.83. The molecule has 0 saturated carbocycles. The highest BCUT2D eigenvalue weighted by atomic mass is 32.2. The summed E-state index contributed by atoms with van der Waals surface area (Å²) in [5.41, 5.74) is 4.07. The smallest absolute Gasteiger partial charge is 0.263 e. The highest BCUT2D eigenvalue weighted by Crippen LogP contribution is 2.31. The molecule has 1 fully saturated rings. The molecule has 1 saturated heterocycles. The molecule has 130 valence electrons. The molecule has 2 aliphatic heterocycles. The number of nitrogens with zero attached hydrogens (tertiary/aromatic N) is 2. The number of amides is 1. The van der Waals surface area contributed by atoms with Crippen LogP contribution >= 0.6 is 11.8 Å². The average Bonchev–Trinajstić information content (AvgIpc) is 3.14. The average molecular weight is 354 g/mol. The van der Waals surface area contributed by atoms with Gasteiger partial charge in [0.15, 0.2) is 0 Å². The highest BCUT2D eigenvalue weighted by molar-refractivity contribution is 7.99. The van der Waals surface area contributed by atoms with E-state index in [1.54, 1.807) is 6.20 Å². The van der Waals surface area contributed by atoms with E-state index in [2.05, 4.69) is 30.1 Å². The molecule has 0 N–H and O–H groups in total. The minimum absolute atomic E-state index is 0.0152. The number of pyridine rings is 1. The maximum atomic E-state index is 13.2. The number of anilines is 1. The van der Waals surface area contributed by atoms with Crippen molar-refractivity contribution in [2.45, 2.75) is 32.3 Å². The Bertz CT molecular complexity index is 787. The number of carbonyl (C=O) groups excluding carboxylic acids is 1. The third-order valence-electron chi connectivity index (χ3n) is 4.77. The maximum Gasteiger partial charge on any atom is 0.263 e. The van der Waals surface area contributed by atoms with Crippen molar-refractivity contribution in [3.63, 3.8) is 0 Å². The Balaban J connectivity index is 1.64. The summed E-state index contributed by atoms with van der Waals surface area (Å²) >= 11 is 1.89. The van der Waals surface area contributed by atoms with Crippen LogP contribution in [0.4, 0.5) is 5.69 Å². The zero-order valence-corrected chi connectivity index (χ0v) is 15.2. The van der Waals surface area contributed by atoms with Crippen molar-refractivity contribution in [2.75, 3.05) is 23.0 Å². The Kier molecular flexibility index (Phi) is 4.66. The number of ether oxygens (including phenoxy) is 1. The van der Waals surface area contributed by atoms with Crippen LogP contribution in [0.2, 0.25) is 0 Å². The molecule has 4 nitrogen and oxygen atoms in total. The van der Waals surface area contributed by atoms with E-state index in [1.807, 2.05) is 28.8 Å². The van der Waals surface area contributed by atoms with Crippen molar-refractivity contribution < 1.29 is 9.53 Å². The Morgan fingerprint density at radius 3 is 3.12 bits per heavy atom. The number of thioether (sulfide) groups is 1. The molecule has 0 aliphatic carbocycles. The van der Waals surface area contributed by atoms with Gasteiger partial charge in [0, 0.05) is 24.2 Å². The molecular formula is C20H22N2O2S. The van der Waals surface area contributed by atoms with E-state index >= 15 is 0 Å². The van der Waals surface area contributed by atoms with Crippen LogP contribution in [0.1, 0.15) is 34.3 Å². The second-order valence-corrected chi connectivity index (χ2v) is 7.80. The number of hydrogen-bond donors (Lipinski definition) is 0. The number of aromatic nitrogens is 1. The third-order valence-corrected chi connectivity index (χ3v) is 5.90. The van der Waals surface area contributed by atoms with Crippen molar-refractivity contribution in [1.29, 1.82) is 0 Å². The van der Waals surface area contributed by atoms with Crippen molar-refractivity contribution >= 4 is 23.4 Å². The lowest BCUT2D eigenvalue weighted by Gasteiger charge is -2.30. The van der Waals surface area contributed by atoms with Crippen LogP contribution in [0, 0.1) is 6.92 Å². The Morgan fingerprint density at radius 2 is 2.28 bits per heavy atom. The molecule has 1 amide bonds. The van der Waals surface area contributed by atoms with Crippen molar-refractivity contribution in [3.8, 4) is 5.88 Å². The molecule has 2 aliphatic rings. The highest BCUT2D eigenvalue weighted by Gasteiger charge is 2.27. The van der Waals surface area contributed by atoms with Crippen LogP contribution in [0.25, 0.3) is 0 Å².